The number of ether oxygens (including phenoxy) is 1. The Balaban J connectivity index is 1.38. The second-order valence-electron chi connectivity index (χ2n) is 7.04. The molecule has 2 aliphatic carbocycles. The van der Waals surface area contributed by atoms with Crippen molar-refractivity contribution < 1.29 is 13.9 Å². The second kappa shape index (κ2) is 6.93. The molecule has 1 unspecified atom stereocenters. The van der Waals surface area contributed by atoms with E-state index in [0.29, 0.717) is 30.4 Å². The lowest BCUT2D eigenvalue weighted by atomic mass is 9.96. The average molecular weight is 359 g/mol. The summed E-state index contributed by atoms with van der Waals surface area (Å²) in [7, 11) is 1.87. The first kappa shape index (κ1) is 16.8. The Kier molecular flexibility index (Phi) is 4.48. The Morgan fingerprint density at radius 2 is 2.23 bits per heavy atom. The number of nitrogens with zero attached hydrogens (tertiary/aromatic N) is 3. The summed E-state index contributed by atoms with van der Waals surface area (Å²) < 4.78 is 21.1. The SMILES string of the molecule is Cn1nnc2c1CCC(NC(=O)Nc1cc(F)ccc1OCC1CC1)C2. The van der Waals surface area contributed by atoms with Gasteiger partial charge in [0, 0.05) is 25.6 Å². The van der Waals surface area contributed by atoms with Crippen LogP contribution in [0.15, 0.2) is 18.2 Å². The van der Waals surface area contributed by atoms with Crippen molar-refractivity contribution in [2.24, 2.45) is 13.0 Å². The predicted molar refractivity (Wildman–Crippen MR) is 93.6 cm³/mol. The lowest BCUT2D eigenvalue weighted by molar-refractivity contribution is 0.246. The maximum absolute atomic E-state index is 13.6. The maximum Gasteiger partial charge on any atom is 0.319 e. The van der Waals surface area contributed by atoms with Gasteiger partial charge in [-0.15, -0.1) is 5.10 Å². The van der Waals surface area contributed by atoms with Crippen LogP contribution in [0.3, 0.4) is 0 Å². The van der Waals surface area contributed by atoms with Crippen molar-refractivity contribution in [1.29, 1.82) is 0 Å². The molecule has 2 aromatic rings. The second-order valence-corrected chi connectivity index (χ2v) is 7.04. The molecule has 1 fully saturated rings. The number of nitrogens with one attached hydrogen (secondary N) is 2. The lowest BCUT2D eigenvalue weighted by Crippen LogP contribution is -2.41. The van der Waals surface area contributed by atoms with Crippen molar-refractivity contribution >= 4 is 11.7 Å². The highest BCUT2D eigenvalue weighted by molar-refractivity contribution is 5.91. The Morgan fingerprint density at radius 1 is 1.38 bits per heavy atom. The highest BCUT2D eigenvalue weighted by atomic mass is 19.1. The maximum atomic E-state index is 13.6. The molecule has 1 aromatic heterocycles. The number of hydrogen-bond acceptors (Lipinski definition) is 4. The molecular formula is C18H22FN5O2. The van der Waals surface area contributed by atoms with Crippen molar-refractivity contribution in [2.75, 3.05) is 11.9 Å². The molecule has 7 nitrogen and oxygen atoms in total. The fraction of sp³-hybridized carbons (Fsp3) is 0.500. The fourth-order valence-corrected chi connectivity index (χ4v) is 3.22. The van der Waals surface area contributed by atoms with E-state index >= 15 is 0 Å². The van der Waals surface area contributed by atoms with Gasteiger partial charge in [0.2, 0.25) is 0 Å². The summed E-state index contributed by atoms with van der Waals surface area (Å²) in [5, 5.41) is 13.8. The number of hydrogen-bond donors (Lipinski definition) is 2. The molecule has 4 rings (SSSR count). The van der Waals surface area contributed by atoms with Crippen LogP contribution >= 0.6 is 0 Å². The third-order valence-corrected chi connectivity index (χ3v) is 4.89. The number of urea groups is 1. The largest absolute Gasteiger partial charge is 0.491 e. The average Bonchev–Trinajstić information content (AvgIpc) is 3.37. The molecule has 2 aliphatic rings. The number of benzene rings is 1. The molecule has 1 atom stereocenters. The van der Waals surface area contributed by atoms with Gasteiger partial charge in [-0.05, 0) is 43.7 Å². The Morgan fingerprint density at radius 3 is 3.04 bits per heavy atom. The van der Waals surface area contributed by atoms with E-state index < -0.39 is 5.82 Å². The minimum Gasteiger partial charge on any atom is -0.491 e. The van der Waals surface area contributed by atoms with Crippen LogP contribution < -0.4 is 15.4 Å². The number of halogens is 1. The molecule has 0 bridgehead atoms. The highest BCUT2D eigenvalue weighted by Crippen LogP contribution is 2.32. The van der Waals surface area contributed by atoms with Gasteiger partial charge in [-0.25, -0.2) is 9.18 Å². The van der Waals surface area contributed by atoms with Crippen LogP contribution in [0.25, 0.3) is 0 Å². The minimum absolute atomic E-state index is 0.0245. The van der Waals surface area contributed by atoms with Gasteiger partial charge in [-0.3, -0.25) is 4.68 Å². The van der Waals surface area contributed by atoms with E-state index in [-0.39, 0.29) is 12.1 Å². The topological polar surface area (TPSA) is 81.1 Å². The van der Waals surface area contributed by atoms with Crippen molar-refractivity contribution in [3.8, 4) is 5.75 Å². The molecule has 2 N–H and O–H groups in total. The first-order valence-corrected chi connectivity index (χ1v) is 8.96. The standard InChI is InChI=1S/C18H22FN5O2/c1-24-16-6-5-13(9-14(16)22-23-24)20-18(25)21-15-8-12(19)4-7-17(15)26-10-11-2-3-11/h4,7-8,11,13H,2-3,5-6,9-10H2,1H3,(H2,20,21,25). The third-order valence-electron chi connectivity index (χ3n) is 4.89. The van der Waals surface area contributed by atoms with Crippen molar-refractivity contribution in [3.05, 3.63) is 35.4 Å². The van der Waals surface area contributed by atoms with Crippen LogP contribution in [0.1, 0.15) is 30.7 Å². The molecule has 0 saturated heterocycles. The molecule has 1 heterocycles. The Hall–Kier alpha value is -2.64. The molecule has 138 valence electrons. The van der Waals surface area contributed by atoms with Crippen LogP contribution in [0.4, 0.5) is 14.9 Å². The summed E-state index contributed by atoms with van der Waals surface area (Å²) in [6, 6.07) is 3.78. The molecule has 1 aromatic carbocycles. The highest BCUT2D eigenvalue weighted by Gasteiger charge is 2.25. The van der Waals surface area contributed by atoms with Crippen LogP contribution in [0.2, 0.25) is 0 Å². The monoisotopic (exact) mass is 359 g/mol. The molecule has 0 spiro atoms. The molecule has 26 heavy (non-hydrogen) atoms. The number of aromatic nitrogens is 3. The van der Waals surface area contributed by atoms with Crippen molar-refractivity contribution in [1.82, 2.24) is 20.3 Å². The van der Waals surface area contributed by atoms with Gasteiger partial charge in [-0.1, -0.05) is 5.21 Å². The summed E-state index contributed by atoms with van der Waals surface area (Å²) in [5.74, 6) is 0.652. The molecule has 1 saturated carbocycles. The van der Waals surface area contributed by atoms with Crippen LogP contribution in [-0.2, 0) is 19.9 Å². The predicted octanol–water partition coefficient (Wildman–Crippen LogP) is 2.42. The van der Waals surface area contributed by atoms with Gasteiger partial charge in [0.15, 0.2) is 0 Å². The minimum atomic E-state index is -0.416. The van der Waals surface area contributed by atoms with Crippen LogP contribution in [0, 0.1) is 11.7 Å². The first-order chi connectivity index (χ1) is 12.6. The molecule has 8 heteroatoms. The van der Waals surface area contributed by atoms with Crippen molar-refractivity contribution in [3.63, 3.8) is 0 Å². The van der Waals surface area contributed by atoms with Gasteiger partial charge >= 0.3 is 6.03 Å². The van der Waals surface area contributed by atoms with Gasteiger partial charge in [0.1, 0.15) is 11.6 Å². The first-order valence-electron chi connectivity index (χ1n) is 8.96. The zero-order chi connectivity index (χ0) is 18.1. The van der Waals surface area contributed by atoms with E-state index in [4.69, 9.17) is 4.74 Å². The number of carbonyl (C=O) groups is 1. The molecule has 0 radical (unpaired) electrons. The quantitative estimate of drug-likeness (QED) is 0.859. The third kappa shape index (κ3) is 3.79. The number of amides is 2. The normalized spacial score (nSPS) is 18.9. The van der Waals surface area contributed by atoms with E-state index in [9.17, 15) is 9.18 Å². The summed E-state index contributed by atoms with van der Waals surface area (Å²) in [6.45, 7) is 0.597. The number of rotatable bonds is 5. The summed E-state index contributed by atoms with van der Waals surface area (Å²) in [4.78, 5) is 12.4. The fourth-order valence-electron chi connectivity index (χ4n) is 3.22. The van der Waals surface area contributed by atoms with E-state index in [1.807, 2.05) is 7.05 Å². The lowest BCUT2D eigenvalue weighted by Gasteiger charge is -2.23. The van der Waals surface area contributed by atoms with Gasteiger partial charge in [0.25, 0.3) is 0 Å². The van der Waals surface area contributed by atoms with Gasteiger partial charge < -0.3 is 15.4 Å². The van der Waals surface area contributed by atoms with E-state index in [2.05, 4.69) is 20.9 Å². The molecule has 0 aliphatic heterocycles. The zero-order valence-electron chi connectivity index (χ0n) is 14.7. The number of anilines is 1. The van der Waals surface area contributed by atoms with Crippen molar-refractivity contribution in [2.45, 2.75) is 38.1 Å². The Bertz CT molecular complexity index is 818. The molecule has 2 amide bonds. The summed E-state index contributed by atoms with van der Waals surface area (Å²) in [6.07, 6.45) is 4.60. The van der Waals surface area contributed by atoms with Gasteiger partial charge in [0.05, 0.1) is 23.7 Å². The molecular weight excluding hydrogens is 337 g/mol. The van der Waals surface area contributed by atoms with E-state index in [0.717, 1.165) is 37.1 Å². The number of aryl methyl sites for hydroxylation is 1. The van der Waals surface area contributed by atoms with Crippen LogP contribution in [0.5, 0.6) is 5.75 Å². The smallest absolute Gasteiger partial charge is 0.319 e. The Labute approximate surface area is 150 Å². The van der Waals surface area contributed by atoms with E-state index in [1.54, 1.807) is 10.7 Å². The summed E-state index contributed by atoms with van der Waals surface area (Å²) >= 11 is 0. The number of carbonyl (C=O) groups excluding carboxylic acids is 1. The van der Waals surface area contributed by atoms with Crippen LogP contribution in [-0.4, -0.2) is 33.7 Å². The summed E-state index contributed by atoms with van der Waals surface area (Å²) in [5.41, 5.74) is 2.38. The van der Waals surface area contributed by atoms with E-state index in [1.165, 1.54) is 12.1 Å². The van der Waals surface area contributed by atoms with Gasteiger partial charge in [-0.2, -0.15) is 0 Å². The number of fused-ring (bicyclic) bond motifs is 1. The zero-order valence-corrected chi connectivity index (χ0v) is 14.7.